The van der Waals surface area contributed by atoms with Gasteiger partial charge in [-0.15, -0.1) is 0 Å². The van der Waals surface area contributed by atoms with E-state index in [0.717, 1.165) is 13.0 Å². The van der Waals surface area contributed by atoms with E-state index in [-0.39, 0.29) is 0 Å². The first-order valence-electron chi connectivity index (χ1n) is 5.07. The Hall–Kier alpha value is 0.260. The van der Waals surface area contributed by atoms with E-state index in [9.17, 15) is 8.42 Å². The maximum Gasteiger partial charge on any atom is 0.147 e. The molecule has 5 heteroatoms. The van der Waals surface area contributed by atoms with Gasteiger partial charge in [0.1, 0.15) is 9.84 Å². The normalized spacial score (nSPS) is 19.8. The van der Waals surface area contributed by atoms with E-state index in [0.29, 0.717) is 11.8 Å². The van der Waals surface area contributed by atoms with E-state index in [2.05, 4.69) is 5.32 Å². The predicted molar refractivity (Wildman–Crippen MR) is 62.7 cm³/mol. The molecule has 0 saturated carbocycles. The first-order valence-corrected chi connectivity index (χ1v) is 8.28. The van der Waals surface area contributed by atoms with Crippen LogP contribution in [0, 0.1) is 0 Å². The van der Waals surface area contributed by atoms with E-state index in [1.807, 2.05) is 11.8 Å². The molecule has 3 nitrogen and oxygen atoms in total. The molecule has 0 amide bonds. The highest BCUT2D eigenvalue weighted by molar-refractivity contribution is 7.99. The average Bonchev–Trinajstić information content (AvgIpc) is 2.13. The lowest BCUT2D eigenvalue weighted by molar-refractivity contribution is 0.482. The smallest absolute Gasteiger partial charge is 0.147 e. The van der Waals surface area contributed by atoms with Crippen LogP contribution in [-0.4, -0.2) is 44.5 Å². The van der Waals surface area contributed by atoms with Crippen molar-refractivity contribution in [1.82, 2.24) is 5.32 Å². The second-order valence-electron chi connectivity index (χ2n) is 3.82. The summed E-state index contributed by atoms with van der Waals surface area (Å²) in [7, 11) is -2.77. The van der Waals surface area contributed by atoms with Crippen molar-refractivity contribution in [1.29, 1.82) is 0 Å². The fourth-order valence-electron chi connectivity index (χ4n) is 1.54. The van der Waals surface area contributed by atoms with Gasteiger partial charge in [0.15, 0.2) is 0 Å². The lowest BCUT2D eigenvalue weighted by atomic mass is 10.1. The minimum Gasteiger partial charge on any atom is -0.314 e. The SMILES string of the molecule is CS(=O)(=O)CCCNC1CCSCC1. The molecule has 0 unspecified atom stereocenters. The summed E-state index contributed by atoms with van der Waals surface area (Å²) < 4.78 is 21.7. The molecule has 1 saturated heterocycles. The van der Waals surface area contributed by atoms with E-state index in [1.165, 1.54) is 30.6 Å². The van der Waals surface area contributed by atoms with Crippen LogP contribution in [0.15, 0.2) is 0 Å². The number of hydrogen-bond acceptors (Lipinski definition) is 4. The van der Waals surface area contributed by atoms with Crippen molar-refractivity contribution in [2.75, 3.05) is 30.1 Å². The standard InChI is InChI=1S/C9H19NO2S2/c1-14(11,12)8-2-5-10-9-3-6-13-7-4-9/h9-10H,2-8H2,1H3. The third-order valence-electron chi connectivity index (χ3n) is 2.35. The zero-order chi connectivity index (χ0) is 10.4. The van der Waals surface area contributed by atoms with Crippen LogP contribution in [0.25, 0.3) is 0 Å². The second kappa shape index (κ2) is 5.98. The van der Waals surface area contributed by atoms with E-state index < -0.39 is 9.84 Å². The van der Waals surface area contributed by atoms with E-state index in [1.54, 1.807) is 0 Å². The van der Waals surface area contributed by atoms with Crippen LogP contribution in [0.4, 0.5) is 0 Å². The Kier molecular flexibility index (Phi) is 5.26. The highest BCUT2D eigenvalue weighted by Gasteiger charge is 2.12. The van der Waals surface area contributed by atoms with Gasteiger partial charge in [-0.2, -0.15) is 11.8 Å². The molecule has 84 valence electrons. The molecule has 1 N–H and O–H groups in total. The van der Waals surface area contributed by atoms with Crippen LogP contribution >= 0.6 is 11.8 Å². The molecule has 1 fully saturated rings. The van der Waals surface area contributed by atoms with Gasteiger partial charge in [0.25, 0.3) is 0 Å². The van der Waals surface area contributed by atoms with Gasteiger partial charge in [0, 0.05) is 12.3 Å². The van der Waals surface area contributed by atoms with Crippen LogP contribution in [0.2, 0.25) is 0 Å². The third kappa shape index (κ3) is 5.88. The summed E-state index contributed by atoms with van der Waals surface area (Å²) in [4.78, 5) is 0. The molecule has 1 aliphatic heterocycles. The van der Waals surface area contributed by atoms with Crippen LogP contribution in [0.3, 0.4) is 0 Å². The van der Waals surface area contributed by atoms with Crippen LogP contribution in [0.5, 0.6) is 0 Å². The quantitative estimate of drug-likeness (QED) is 0.722. The molecule has 1 rings (SSSR count). The molecule has 1 heterocycles. The summed E-state index contributed by atoms with van der Waals surface area (Å²) in [5.74, 6) is 2.79. The lowest BCUT2D eigenvalue weighted by Gasteiger charge is -2.22. The van der Waals surface area contributed by atoms with Crippen LogP contribution in [-0.2, 0) is 9.84 Å². The van der Waals surface area contributed by atoms with Gasteiger partial charge < -0.3 is 5.32 Å². The Labute approximate surface area is 91.0 Å². The van der Waals surface area contributed by atoms with Gasteiger partial charge in [0.2, 0.25) is 0 Å². The zero-order valence-corrected chi connectivity index (χ0v) is 10.3. The molecule has 0 radical (unpaired) electrons. The first-order chi connectivity index (χ1) is 6.58. The van der Waals surface area contributed by atoms with Crippen LogP contribution < -0.4 is 5.32 Å². The molecule has 0 spiro atoms. The summed E-state index contributed by atoms with van der Waals surface area (Å²) in [6.07, 6.45) is 4.49. The van der Waals surface area contributed by atoms with Gasteiger partial charge in [-0.3, -0.25) is 0 Å². The minimum absolute atomic E-state index is 0.307. The van der Waals surface area contributed by atoms with Gasteiger partial charge in [-0.1, -0.05) is 0 Å². The van der Waals surface area contributed by atoms with Crippen molar-refractivity contribution < 1.29 is 8.42 Å². The topological polar surface area (TPSA) is 46.2 Å². The molecule has 0 aromatic rings. The second-order valence-corrected chi connectivity index (χ2v) is 7.31. The molecule has 14 heavy (non-hydrogen) atoms. The Morgan fingerprint density at radius 1 is 1.36 bits per heavy atom. The van der Waals surface area contributed by atoms with Gasteiger partial charge in [0.05, 0.1) is 5.75 Å². The minimum atomic E-state index is -2.77. The first kappa shape index (κ1) is 12.3. The Bertz CT molecular complexity index is 246. The average molecular weight is 237 g/mol. The number of rotatable bonds is 5. The third-order valence-corrected chi connectivity index (χ3v) is 4.43. The zero-order valence-electron chi connectivity index (χ0n) is 8.66. The monoisotopic (exact) mass is 237 g/mol. The van der Waals surface area contributed by atoms with Gasteiger partial charge >= 0.3 is 0 Å². The lowest BCUT2D eigenvalue weighted by Crippen LogP contribution is -2.33. The highest BCUT2D eigenvalue weighted by Crippen LogP contribution is 2.16. The fourth-order valence-corrected chi connectivity index (χ4v) is 3.32. The van der Waals surface area contributed by atoms with E-state index in [4.69, 9.17) is 0 Å². The van der Waals surface area contributed by atoms with Crippen LogP contribution in [0.1, 0.15) is 19.3 Å². The van der Waals surface area contributed by atoms with Gasteiger partial charge in [-0.05, 0) is 37.3 Å². The van der Waals surface area contributed by atoms with Crippen molar-refractivity contribution in [3.8, 4) is 0 Å². The Morgan fingerprint density at radius 3 is 2.57 bits per heavy atom. The molecular formula is C9H19NO2S2. The molecule has 1 aliphatic rings. The van der Waals surface area contributed by atoms with Crippen molar-refractivity contribution in [2.24, 2.45) is 0 Å². The predicted octanol–water partition coefficient (Wildman–Crippen LogP) is 0.906. The largest absolute Gasteiger partial charge is 0.314 e. The number of thioether (sulfide) groups is 1. The molecule has 0 aromatic heterocycles. The molecular weight excluding hydrogens is 218 g/mol. The maximum absolute atomic E-state index is 10.9. The van der Waals surface area contributed by atoms with Gasteiger partial charge in [-0.25, -0.2) is 8.42 Å². The molecule has 0 aliphatic carbocycles. The number of sulfone groups is 1. The molecule has 0 aromatic carbocycles. The number of nitrogens with one attached hydrogen (secondary N) is 1. The van der Waals surface area contributed by atoms with Crippen molar-refractivity contribution in [3.05, 3.63) is 0 Å². The molecule has 0 bridgehead atoms. The van der Waals surface area contributed by atoms with Crippen molar-refractivity contribution >= 4 is 21.6 Å². The Balaban J connectivity index is 2.03. The van der Waals surface area contributed by atoms with Crippen molar-refractivity contribution in [2.45, 2.75) is 25.3 Å². The summed E-state index contributed by atoms with van der Waals surface area (Å²) in [5, 5.41) is 3.42. The molecule has 0 atom stereocenters. The van der Waals surface area contributed by atoms with Crippen molar-refractivity contribution in [3.63, 3.8) is 0 Å². The summed E-state index contributed by atoms with van der Waals surface area (Å²) >= 11 is 2.01. The Morgan fingerprint density at radius 2 is 2.00 bits per heavy atom. The highest BCUT2D eigenvalue weighted by atomic mass is 32.2. The fraction of sp³-hybridized carbons (Fsp3) is 1.00. The van der Waals surface area contributed by atoms with E-state index >= 15 is 0 Å². The summed E-state index contributed by atoms with van der Waals surface area (Å²) in [5.41, 5.74) is 0. The maximum atomic E-state index is 10.9. The summed E-state index contributed by atoms with van der Waals surface area (Å²) in [6.45, 7) is 0.836. The summed E-state index contributed by atoms with van der Waals surface area (Å²) in [6, 6.07) is 0.621. The number of hydrogen-bond donors (Lipinski definition) is 1.